The van der Waals surface area contributed by atoms with Crippen LogP contribution in [-0.2, 0) is 17.8 Å². The number of amides is 1. The fraction of sp³-hybridized carbons (Fsp3) is 0.381. The zero-order chi connectivity index (χ0) is 17.9. The van der Waals surface area contributed by atoms with Crippen molar-refractivity contribution in [3.8, 4) is 5.75 Å². The Hall–Kier alpha value is -2.04. The first kappa shape index (κ1) is 22.0. The summed E-state index contributed by atoms with van der Waals surface area (Å²) < 4.78 is 5.17. The summed E-state index contributed by atoms with van der Waals surface area (Å²) in [7, 11) is 1.66. The van der Waals surface area contributed by atoms with Gasteiger partial charge in [0.25, 0.3) is 0 Å². The van der Waals surface area contributed by atoms with Crippen molar-refractivity contribution in [2.45, 2.75) is 32.2 Å². The Bertz CT molecular complexity index is 632. The molecule has 0 saturated carbocycles. The molecular weight excluding hydrogens is 348 g/mol. The number of hydrogen-bond acceptors (Lipinski definition) is 3. The maximum atomic E-state index is 12.6. The first-order chi connectivity index (χ1) is 12.2. The third kappa shape index (κ3) is 7.46. The lowest BCUT2D eigenvalue weighted by molar-refractivity contribution is -0.132. The quantitative estimate of drug-likeness (QED) is 0.685. The van der Waals surface area contributed by atoms with Crippen LogP contribution in [-0.4, -0.2) is 31.0 Å². The van der Waals surface area contributed by atoms with Crippen molar-refractivity contribution in [1.82, 2.24) is 4.90 Å². The molecule has 0 unspecified atom stereocenters. The lowest BCUT2D eigenvalue weighted by Gasteiger charge is -2.23. The third-order valence-electron chi connectivity index (χ3n) is 4.22. The summed E-state index contributed by atoms with van der Waals surface area (Å²) in [4.78, 5) is 14.5. The molecule has 0 atom stereocenters. The van der Waals surface area contributed by atoms with Crippen LogP contribution in [0.25, 0.3) is 0 Å². The number of nitrogens with zero attached hydrogens (tertiary/aromatic N) is 1. The standard InChI is InChI=1S/C21H28N2O2.ClH/c1-25-20-13-11-18(12-14-20)9-5-10-21(24)23(16-6-15-22)17-19-7-3-2-4-8-19;/h2-4,7-8,11-14H,5-6,9-10,15-17,22H2,1H3;1H. The minimum Gasteiger partial charge on any atom is -0.497 e. The topological polar surface area (TPSA) is 55.6 Å². The van der Waals surface area contributed by atoms with Crippen LogP contribution in [0.2, 0.25) is 0 Å². The van der Waals surface area contributed by atoms with E-state index >= 15 is 0 Å². The lowest BCUT2D eigenvalue weighted by Crippen LogP contribution is -2.32. The highest BCUT2D eigenvalue weighted by Crippen LogP contribution is 2.14. The second-order valence-corrected chi connectivity index (χ2v) is 6.14. The number of nitrogens with two attached hydrogens (primary N) is 1. The monoisotopic (exact) mass is 376 g/mol. The fourth-order valence-corrected chi connectivity index (χ4v) is 2.77. The largest absolute Gasteiger partial charge is 0.497 e. The number of benzene rings is 2. The van der Waals surface area contributed by atoms with Gasteiger partial charge in [-0.05, 0) is 49.1 Å². The molecule has 0 spiro atoms. The number of halogens is 1. The Morgan fingerprint density at radius 2 is 1.69 bits per heavy atom. The average molecular weight is 377 g/mol. The van der Waals surface area contributed by atoms with E-state index in [9.17, 15) is 4.79 Å². The van der Waals surface area contributed by atoms with Gasteiger partial charge < -0.3 is 15.4 Å². The van der Waals surface area contributed by atoms with Crippen LogP contribution in [0.3, 0.4) is 0 Å². The van der Waals surface area contributed by atoms with Gasteiger partial charge >= 0.3 is 0 Å². The SMILES string of the molecule is COc1ccc(CCCC(=O)N(CCCN)Cc2ccccc2)cc1.Cl. The van der Waals surface area contributed by atoms with E-state index in [1.807, 2.05) is 35.2 Å². The molecule has 2 aromatic rings. The molecule has 142 valence electrons. The molecule has 0 aliphatic heterocycles. The summed E-state index contributed by atoms with van der Waals surface area (Å²) in [5.74, 6) is 1.06. The molecule has 0 aromatic heterocycles. The molecule has 0 bridgehead atoms. The van der Waals surface area contributed by atoms with E-state index in [-0.39, 0.29) is 18.3 Å². The van der Waals surface area contributed by atoms with Crippen molar-refractivity contribution < 1.29 is 9.53 Å². The number of rotatable bonds is 10. The molecule has 0 heterocycles. The van der Waals surface area contributed by atoms with E-state index in [1.54, 1.807) is 7.11 Å². The number of ether oxygens (including phenoxy) is 1. The zero-order valence-electron chi connectivity index (χ0n) is 15.4. The van der Waals surface area contributed by atoms with Gasteiger partial charge in [-0.3, -0.25) is 4.79 Å². The van der Waals surface area contributed by atoms with Gasteiger partial charge in [-0.1, -0.05) is 42.5 Å². The molecule has 2 aromatic carbocycles. The molecule has 0 fully saturated rings. The van der Waals surface area contributed by atoms with Crippen LogP contribution in [0.1, 0.15) is 30.4 Å². The lowest BCUT2D eigenvalue weighted by atomic mass is 10.1. The molecule has 1 amide bonds. The van der Waals surface area contributed by atoms with E-state index in [0.29, 0.717) is 26.1 Å². The van der Waals surface area contributed by atoms with Gasteiger partial charge in [0, 0.05) is 19.5 Å². The number of carbonyl (C=O) groups excluding carboxylic acids is 1. The average Bonchev–Trinajstić information content (AvgIpc) is 2.66. The molecule has 0 aliphatic carbocycles. The van der Waals surface area contributed by atoms with Crippen molar-refractivity contribution in [3.63, 3.8) is 0 Å². The Kier molecular flexibility index (Phi) is 10.4. The van der Waals surface area contributed by atoms with Crippen LogP contribution in [0.5, 0.6) is 5.75 Å². The van der Waals surface area contributed by atoms with Crippen molar-refractivity contribution in [2.24, 2.45) is 5.73 Å². The molecule has 0 aliphatic rings. The molecule has 0 saturated heterocycles. The summed E-state index contributed by atoms with van der Waals surface area (Å²) in [6.07, 6.45) is 3.13. The van der Waals surface area contributed by atoms with E-state index in [1.165, 1.54) is 5.56 Å². The molecule has 4 nitrogen and oxygen atoms in total. The minimum absolute atomic E-state index is 0. The van der Waals surface area contributed by atoms with Gasteiger partial charge in [-0.25, -0.2) is 0 Å². The molecule has 0 radical (unpaired) electrons. The fourth-order valence-electron chi connectivity index (χ4n) is 2.77. The van der Waals surface area contributed by atoms with Gasteiger partial charge in [0.05, 0.1) is 7.11 Å². The maximum Gasteiger partial charge on any atom is 0.222 e. The summed E-state index contributed by atoms with van der Waals surface area (Å²) in [6.45, 7) is 1.97. The highest BCUT2D eigenvalue weighted by Gasteiger charge is 2.13. The summed E-state index contributed by atoms with van der Waals surface area (Å²) >= 11 is 0. The van der Waals surface area contributed by atoms with Gasteiger partial charge in [0.1, 0.15) is 5.75 Å². The normalized spacial score (nSPS) is 10.1. The van der Waals surface area contributed by atoms with Crippen LogP contribution in [0.15, 0.2) is 54.6 Å². The summed E-state index contributed by atoms with van der Waals surface area (Å²) in [5, 5.41) is 0. The highest BCUT2D eigenvalue weighted by molar-refractivity contribution is 5.85. The predicted molar refractivity (Wildman–Crippen MR) is 109 cm³/mol. The van der Waals surface area contributed by atoms with Gasteiger partial charge in [0.2, 0.25) is 5.91 Å². The van der Waals surface area contributed by atoms with Crippen LogP contribution >= 0.6 is 12.4 Å². The molecular formula is C21H29ClN2O2. The Labute approximate surface area is 162 Å². The second-order valence-electron chi connectivity index (χ2n) is 6.14. The molecule has 2 N–H and O–H groups in total. The van der Waals surface area contributed by atoms with Crippen molar-refractivity contribution in [1.29, 1.82) is 0 Å². The number of hydrogen-bond donors (Lipinski definition) is 1. The van der Waals surface area contributed by atoms with E-state index in [2.05, 4.69) is 24.3 Å². The molecule has 26 heavy (non-hydrogen) atoms. The molecule has 2 rings (SSSR count). The van der Waals surface area contributed by atoms with Crippen LogP contribution in [0.4, 0.5) is 0 Å². The van der Waals surface area contributed by atoms with Crippen molar-refractivity contribution >= 4 is 18.3 Å². The Morgan fingerprint density at radius 1 is 1.00 bits per heavy atom. The first-order valence-corrected chi connectivity index (χ1v) is 8.87. The number of carbonyl (C=O) groups is 1. The maximum absolute atomic E-state index is 12.6. The number of methoxy groups -OCH3 is 1. The highest BCUT2D eigenvalue weighted by atomic mass is 35.5. The van der Waals surface area contributed by atoms with Crippen molar-refractivity contribution in [2.75, 3.05) is 20.2 Å². The van der Waals surface area contributed by atoms with Gasteiger partial charge in [0.15, 0.2) is 0 Å². The van der Waals surface area contributed by atoms with Crippen LogP contribution in [0, 0.1) is 0 Å². The van der Waals surface area contributed by atoms with E-state index in [0.717, 1.165) is 30.6 Å². The minimum atomic E-state index is 0. The summed E-state index contributed by atoms with van der Waals surface area (Å²) in [5.41, 5.74) is 8.00. The van der Waals surface area contributed by atoms with Gasteiger partial charge in [-0.15, -0.1) is 12.4 Å². The van der Waals surface area contributed by atoms with Crippen molar-refractivity contribution in [3.05, 3.63) is 65.7 Å². The number of aryl methyl sites for hydroxylation is 1. The first-order valence-electron chi connectivity index (χ1n) is 8.87. The second kappa shape index (κ2) is 12.3. The van der Waals surface area contributed by atoms with E-state index in [4.69, 9.17) is 10.5 Å². The van der Waals surface area contributed by atoms with Crippen LogP contribution < -0.4 is 10.5 Å². The molecule has 5 heteroatoms. The summed E-state index contributed by atoms with van der Waals surface area (Å²) in [6, 6.07) is 18.1. The van der Waals surface area contributed by atoms with Gasteiger partial charge in [-0.2, -0.15) is 0 Å². The Morgan fingerprint density at radius 3 is 2.31 bits per heavy atom. The zero-order valence-corrected chi connectivity index (χ0v) is 16.2. The Balaban J connectivity index is 0.00000338. The van der Waals surface area contributed by atoms with E-state index < -0.39 is 0 Å². The smallest absolute Gasteiger partial charge is 0.222 e. The predicted octanol–water partition coefficient (Wildman–Crippen LogP) is 3.82. The third-order valence-corrected chi connectivity index (χ3v) is 4.22.